The largest absolute Gasteiger partial charge is 0.435 e. The number of oxazole rings is 1. The highest BCUT2D eigenvalue weighted by Gasteiger charge is 2.25. The number of nitrogens with one attached hydrogen (secondary N) is 1. The molecule has 0 aliphatic heterocycles. The second-order valence-electron chi connectivity index (χ2n) is 6.51. The highest BCUT2D eigenvalue weighted by molar-refractivity contribution is 8.06. The van der Waals surface area contributed by atoms with Gasteiger partial charge in [0.05, 0.1) is 9.92 Å². The van der Waals surface area contributed by atoms with E-state index in [2.05, 4.69) is 10.3 Å². The van der Waals surface area contributed by atoms with E-state index in [1.165, 1.54) is 12.1 Å². The number of carbonyl (C=O) groups is 1. The van der Waals surface area contributed by atoms with Gasteiger partial charge in [0, 0.05) is 16.3 Å². The quantitative estimate of drug-likeness (QED) is 0.397. The highest BCUT2D eigenvalue weighted by Crippen LogP contribution is 2.33. The first kappa shape index (κ1) is 20.4. The van der Waals surface area contributed by atoms with Crippen LogP contribution in [0.3, 0.4) is 0 Å². The first-order valence-electron chi connectivity index (χ1n) is 8.73. The zero-order valence-electron chi connectivity index (χ0n) is 15.5. The number of aryl methyl sites for hydroxylation is 1. The topological polar surface area (TPSA) is 89.3 Å². The molecular formula is C21H14Cl2N2O4S. The van der Waals surface area contributed by atoms with Gasteiger partial charge in [0.25, 0.3) is 9.84 Å². The zero-order chi connectivity index (χ0) is 21.5. The maximum absolute atomic E-state index is 12.5. The first-order valence-corrected chi connectivity index (χ1v) is 11.0. The van der Waals surface area contributed by atoms with Crippen LogP contribution in [-0.4, -0.2) is 18.6 Å². The standard InChI is InChI=1S/C21H14Cl2N2O4S/c1-12-7-8-13(20-24-18-11-14(22)10-16(23)19(18)29-20)9-17(12)25-21(26)30(27,28)15-5-3-2-4-6-15/h2-11H,1H3,(H,25,26). The van der Waals surface area contributed by atoms with Gasteiger partial charge in [0.2, 0.25) is 5.89 Å². The molecule has 0 unspecified atom stereocenters. The van der Waals surface area contributed by atoms with E-state index in [-0.39, 0.29) is 10.8 Å². The fraction of sp³-hybridized carbons (Fsp3) is 0.0476. The predicted molar refractivity (Wildman–Crippen MR) is 117 cm³/mol. The van der Waals surface area contributed by atoms with Crippen LogP contribution in [0, 0.1) is 6.92 Å². The van der Waals surface area contributed by atoms with Gasteiger partial charge in [-0.05, 0) is 48.9 Å². The summed E-state index contributed by atoms with van der Waals surface area (Å²) in [6.07, 6.45) is 0. The summed E-state index contributed by atoms with van der Waals surface area (Å²) in [6.45, 7) is 1.75. The summed E-state index contributed by atoms with van der Waals surface area (Å²) in [7, 11) is -4.18. The van der Waals surface area contributed by atoms with E-state index in [1.807, 2.05) is 0 Å². The van der Waals surface area contributed by atoms with Gasteiger partial charge in [-0.1, -0.05) is 47.5 Å². The molecule has 1 N–H and O–H groups in total. The number of anilines is 1. The van der Waals surface area contributed by atoms with Gasteiger partial charge in [-0.3, -0.25) is 4.79 Å². The highest BCUT2D eigenvalue weighted by atomic mass is 35.5. The van der Waals surface area contributed by atoms with Crippen molar-refractivity contribution in [2.75, 3.05) is 5.32 Å². The van der Waals surface area contributed by atoms with E-state index < -0.39 is 15.1 Å². The van der Waals surface area contributed by atoms with Crippen LogP contribution in [0.4, 0.5) is 10.5 Å². The van der Waals surface area contributed by atoms with Crippen LogP contribution in [0.2, 0.25) is 10.0 Å². The average Bonchev–Trinajstić information content (AvgIpc) is 3.14. The van der Waals surface area contributed by atoms with E-state index in [0.29, 0.717) is 38.0 Å². The maximum Gasteiger partial charge on any atom is 0.345 e. The number of hydrogen-bond donors (Lipinski definition) is 1. The second-order valence-corrected chi connectivity index (χ2v) is 9.21. The maximum atomic E-state index is 12.5. The first-order chi connectivity index (χ1) is 14.3. The molecule has 0 radical (unpaired) electrons. The Morgan fingerprint density at radius 3 is 2.50 bits per heavy atom. The van der Waals surface area contributed by atoms with Gasteiger partial charge in [-0.15, -0.1) is 0 Å². The summed E-state index contributed by atoms with van der Waals surface area (Å²) in [5.41, 5.74) is 2.40. The Hall–Kier alpha value is -2.87. The van der Waals surface area contributed by atoms with Crippen LogP contribution >= 0.6 is 23.2 Å². The minimum absolute atomic E-state index is 0.0817. The molecule has 0 bridgehead atoms. The molecule has 1 aromatic heterocycles. The molecule has 0 spiro atoms. The molecule has 152 valence electrons. The third-order valence-electron chi connectivity index (χ3n) is 4.43. The molecule has 1 heterocycles. The zero-order valence-corrected chi connectivity index (χ0v) is 17.8. The van der Waals surface area contributed by atoms with Crippen molar-refractivity contribution < 1.29 is 17.6 Å². The molecule has 0 saturated heterocycles. The fourth-order valence-corrected chi connectivity index (χ4v) is 4.35. The number of halogens is 2. The molecule has 4 rings (SSSR count). The lowest BCUT2D eigenvalue weighted by molar-refractivity contribution is 0.267. The summed E-state index contributed by atoms with van der Waals surface area (Å²) < 4.78 is 30.8. The molecule has 3 aromatic carbocycles. The number of rotatable bonds is 3. The Bertz CT molecular complexity index is 1380. The number of sulfone groups is 1. The number of amides is 1. The molecule has 0 saturated carbocycles. The third kappa shape index (κ3) is 3.79. The van der Waals surface area contributed by atoms with Crippen LogP contribution in [0.1, 0.15) is 5.56 Å². The second kappa shape index (κ2) is 7.75. The summed E-state index contributed by atoms with van der Waals surface area (Å²) in [5.74, 6) is 0.260. The van der Waals surface area contributed by atoms with Crippen molar-refractivity contribution >= 4 is 55.1 Å². The Morgan fingerprint density at radius 1 is 1.03 bits per heavy atom. The number of fused-ring (bicyclic) bond motifs is 1. The Balaban J connectivity index is 1.69. The number of benzene rings is 3. The van der Waals surface area contributed by atoms with E-state index in [4.69, 9.17) is 27.6 Å². The number of nitrogens with zero attached hydrogens (tertiary/aromatic N) is 1. The van der Waals surface area contributed by atoms with Gasteiger partial charge >= 0.3 is 5.24 Å². The van der Waals surface area contributed by atoms with Crippen molar-refractivity contribution in [2.24, 2.45) is 0 Å². The van der Waals surface area contributed by atoms with Crippen LogP contribution in [0.5, 0.6) is 0 Å². The monoisotopic (exact) mass is 460 g/mol. The molecule has 0 aliphatic carbocycles. The SMILES string of the molecule is Cc1ccc(-c2nc3cc(Cl)cc(Cl)c3o2)cc1NC(=O)S(=O)(=O)c1ccccc1. The Morgan fingerprint density at radius 2 is 1.77 bits per heavy atom. The van der Waals surface area contributed by atoms with Crippen molar-refractivity contribution in [1.29, 1.82) is 0 Å². The third-order valence-corrected chi connectivity index (χ3v) is 6.41. The summed E-state index contributed by atoms with van der Waals surface area (Å²) in [4.78, 5) is 16.8. The lowest BCUT2D eigenvalue weighted by Gasteiger charge is -2.10. The fourth-order valence-electron chi connectivity index (χ4n) is 2.86. The minimum atomic E-state index is -4.18. The number of hydrogen-bond acceptors (Lipinski definition) is 5. The van der Waals surface area contributed by atoms with Crippen LogP contribution in [-0.2, 0) is 9.84 Å². The summed E-state index contributed by atoms with van der Waals surface area (Å²) in [6, 6.07) is 15.7. The molecule has 30 heavy (non-hydrogen) atoms. The molecule has 9 heteroatoms. The summed E-state index contributed by atoms with van der Waals surface area (Å²) in [5, 5.41) is 2.10. The Labute approximate surface area is 182 Å². The molecule has 0 atom stereocenters. The molecule has 6 nitrogen and oxygen atoms in total. The number of carbonyl (C=O) groups excluding carboxylic acids is 1. The van der Waals surface area contributed by atoms with E-state index >= 15 is 0 Å². The van der Waals surface area contributed by atoms with Crippen molar-refractivity contribution in [3.05, 3.63) is 76.3 Å². The van der Waals surface area contributed by atoms with Crippen molar-refractivity contribution in [3.8, 4) is 11.5 Å². The van der Waals surface area contributed by atoms with Crippen LogP contribution < -0.4 is 5.32 Å². The smallest absolute Gasteiger partial charge is 0.345 e. The van der Waals surface area contributed by atoms with Gasteiger partial charge < -0.3 is 9.73 Å². The Kier molecular flexibility index (Phi) is 5.27. The van der Waals surface area contributed by atoms with E-state index in [1.54, 1.807) is 55.5 Å². The average molecular weight is 461 g/mol. The van der Waals surface area contributed by atoms with Crippen molar-refractivity contribution in [1.82, 2.24) is 4.98 Å². The lowest BCUT2D eigenvalue weighted by atomic mass is 10.1. The van der Waals surface area contributed by atoms with Crippen LogP contribution in [0.25, 0.3) is 22.6 Å². The normalized spacial score (nSPS) is 11.6. The lowest BCUT2D eigenvalue weighted by Crippen LogP contribution is -2.22. The summed E-state index contributed by atoms with van der Waals surface area (Å²) >= 11 is 12.2. The molecule has 0 aliphatic rings. The van der Waals surface area contributed by atoms with Gasteiger partial charge in [0.1, 0.15) is 5.52 Å². The van der Waals surface area contributed by atoms with Crippen LogP contribution in [0.15, 0.2) is 70.0 Å². The molecular weight excluding hydrogens is 447 g/mol. The molecule has 4 aromatic rings. The van der Waals surface area contributed by atoms with Gasteiger partial charge in [0.15, 0.2) is 5.58 Å². The van der Waals surface area contributed by atoms with Crippen molar-refractivity contribution in [3.63, 3.8) is 0 Å². The minimum Gasteiger partial charge on any atom is -0.435 e. The molecule has 0 fully saturated rings. The van der Waals surface area contributed by atoms with Gasteiger partial charge in [-0.2, -0.15) is 0 Å². The van der Waals surface area contributed by atoms with Crippen molar-refractivity contribution in [2.45, 2.75) is 11.8 Å². The number of aromatic nitrogens is 1. The van der Waals surface area contributed by atoms with E-state index in [0.717, 1.165) is 0 Å². The van der Waals surface area contributed by atoms with Gasteiger partial charge in [-0.25, -0.2) is 13.4 Å². The molecule has 1 amide bonds. The predicted octanol–water partition coefficient (Wildman–Crippen LogP) is 6.12. The van der Waals surface area contributed by atoms with E-state index in [9.17, 15) is 13.2 Å².